The molecule has 100 valence electrons. The third-order valence-electron chi connectivity index (χ3n) is 4.04. The molecule has 3 nitrogen and oxygen atoms in total. The van der Waals surface area contributed by atoms with Crippen molar-refractivity contribution in [3.63, 3.8) is 0 Å². The Morgan fingerprint density at radius 2 is 1.83 bits per heavy atom. The van der Waals surface area contributed by atoms with E-state index in [2.05, 4.69) is 16.7 Å². The van der Waals surface area contributed by atoms with Crippen LogP contribution in [0.15, 0.2) is 0 Å². The van der Waals surface area contributed by atoms with E-state index in [9.17, 15) is 4.79 Å². The third kappa shape index (κ3) is 3.49. The van der Waals surface area contributed by atoms with Gasteiger partial charge < -0.3 is 9.80 Å². The van der Waals surface area contributed by atoms with Crippen molar-refractivity contribution < 1.29 is 4.79 Å². The molecule has 1 atom stereocenters. The van der Waals surface area contributed by atoms with Crippen LogP contribution in [0, 0.1) is 11.8 Å². The monoisotopic (exact) mass is 248 g/mol. The van der Waals surface area contributed by atoms with Gasteiger partial charge in [0, 0.05) is 19.1 Å². The molecule has 0 N–H and O–H groups in total. The van der Waals surface area contributed by atoms with Gasteiger partial charge in [-0.05, 0) is 58.0 Å². The molecule has 2 aliphatic heterocycles. The summed E-state index contributed by atoms with van der Waals surface area (Å²) in [6.07, 6.45) is 7.53. The fourth-order valence-electron chi connectivity index (χ4n) is 3.08. The largest absolute Gasteiger partial charge is 0.328 e. The van der Waals surface area contributed by atoms with Crippen LogP contribution < -0.4 is 0 Å². The molecule has 2 rings (SSSR count). The lowest BCUT2D eigenvalue weighted by Gasteiger charge is -2.38. The minimum atomic E-state index is 0.0270. The minimum Gasteiger partial charge on any atom is -0.328 e. The average Bonchev–Trinajstić information content (AvgIpc) is 2.41. The number of hydrogen-bond donors (Lipinski definition) is 0. The van der Waals surface area contributed by atoms with Gasteiger partial charge in [0.15, 0.2) is 0 Å². The van der Waals surface area contributed by atoms with E-state index in [1.807, 2.05) is 4.90 Å². The molecule has 2 saturated heterocycles. The van der Waals surface area contributed by atoms with Crippen LogP contribution in [-0.2, 0) is 4.79 Å². The van der Waals surface area contributed by atoms with E-state index < -0.39 is 0 Å². The summed E-state index contributed by atoms with van der Waals surface area (Å²) in [5, 5.41) is 0. The maximum Gasteiger partial charge on any atom is 0.298 e. The quantitative estimate of drug-likeness (QED) is 0.697. The number of rotatable bonds is 2. The number of carbonyl (C=O) groups is 1. The SMILES string of the molecule is CC#CC(=O)N1CCCCC1CN1CCCCC1. The molecule has 0 radical (unpaired) electrons. The van der Waals surface area contributed by atoms with Crippen molar-refractivity contribution >= 4 is 5.91 Å². The third-order valence-corrected chi connectivity index (χ3v) is 4.04. The fourth-order valence-corrected chi connectivity index (χ4v) is 3.08. The Hall–Kier alpha value is -1.01. The van der Waals surface area contributed by atoms with E-state index >= 15 is 0 Å². The van der Waals surface area contributed by atoms with Crippen molar-refractivity contribution in [2.45, 2.75) is 51.5 Å². The molecule has 0 bridgehead atoms. The fraction of sp³-hybridized carbons (Fsp3) is 0.800. The molecule has 0 aromatic carbocycles. The smallest absolute Gasteiger partial charge is 0.298 e. The molecule has 2 aliphatic rings. The Kier molecular flexibility index (Phi) is 5.07. The van der Waals surface area contributed by atoms with Crippen LogP contribution in [0.4, 0.5) is 0 Å². The van der Waals surface area contributed by atoms with Gasteiger partial charge in [-0.1, -0.05) is 12.3 Å². The van der Waals surface area contributed by atoms with E-state index in [0.717, 1.165) is 25.9 Å². The van der Waals surface area contributed by atoms with Crippen molar-refractivity contribution in [2.24, 2.45) is 0 Å². The van der Waals surface area contributed by atoms with Crippen LogP contribution in [0.5, 0.6) is 0 Å². The van der Waals surface area contributed by atoms with Crippen LogP contribution in [0.25, 0.3) is 0 Å². The highest BCUT2D eigenvalue weighted by Gasteiger charge is 2.27. The molecule has 0 aromatic rings. The van der Waals surface area contributed by atoms with E-state index in [-0.39, 0.29) is 5.91 Å². The van der Waals surface area contributed by atoms with E-state index in [1.54, 1.807) is 6.92 Å². The zero-order valence-electron chi connectivity index (χ0n) is 11.5. The van der Waals surface area contributed by atoms with Crippen LogP contribution in [0.1, 0.15) is 45.4 Å². The Balaban J connectivity index is 1.93. The second-order valence-electron chi connectivity index (χ2n) is 5.38. The standard InChI is InChI=1S/C15H24N2O/c1-2-8-15(18)17-12-7-4-9-14(17)13-16-10-5-3-6-11-16/h14H,3-7,9-13H2,1H3. The molecule has 0 spiro atoms. The number of amides is 1. The van der Waals surface area contributed by atoms with Crippen molar-refractivity contribution in [3.8, 4) is 11.8 Å². The second-order valence-corrected chi connectivity index (χ2v) is 5.38. The van der Waals surface area contributed by atoms with E-state index in [1.165, 1.54) is 38.8 Å². The number of hydrogen-bond acceptors (Lipinski definition) is 2. The van der Waals surface area contributed by atoms with Crippen LogP contribution in [0.2, 0.25) is 0 Å². The molecule has 0 saturated carbocycles. The summed E-state index contributed by atoms with van der Waals surface area (Å²) in [5.41, 5.74) is 0. The number of likely N-dealkylation sites (tertiary alicyclic amines) is 2. The van der Waals surface area contributed by atoms with Crippen LogP contribution in [0.3, 0.4) is 0 Å². The van der Waals surface area contributed by atoms with Gasteiger partial charge >= 0.3 is 0 Å². The van der Waals surface area contributed by atoms with Crippen LogP contribution >= 0.6 is 0 Å². The molecule has 1 amide bonds. The first-order valence-electron chi connectivity index (χ1n) is 7.27. The Labute approximate surface area is 111 Å². The van der Waals surface area contributed by atoms with Gasteiger partial charge in [0.05, 0.1) is 0 Å². The molecule has 2 fully saturated rings. The Morgan fingerprint density at radius 3 is 2.56 bits per heavy atom. The van der Waals surface area contributed by atoms with E-state index in [4.69, 9.17) is 0 Å². The maximum atomic E-state index is 12.0. The second kappa shape index (κ2) is 6.80. The summed E-state index contributed by atoms with van der Waals surface area (Å²) in [7, 11) is 0. The number of nitrogens with zero attached hydrogens (tertiary/aromatic N) is 2. The highest BCUT2D eigenvalue weighted by molar-refractivity contribution is 5.93. The topological polar surface area (TPSA) is 23.6 Å². The van der Waals surface area contributed by atoms with Gasteiger partial charge in [-0.15, -0.1) is 0 Å². The lowest BCUT2D eigenvalue weighted by Crippen LogP contribution is -2.50. The molecule has 0 aliphatic carbocycles. The van der Waals surface area contributed by atoms with Gasteiger partial charge in [-0.25, -0.2) is 0 Å². The van der Waals surface area contributed by atoms with Gasteiger partial charge in [0.2, 0.25) is 0 Å². The zero-order chi connectivity index (χ0) is 12.8. The first-order chi connectivity index (χ1) is 8.81. The van der Waals surface area contributed by atoms with Gasteiger partial charge in [0.1, 0.15) is 0 Å². The summed E-state index contributed by atoms with van der Waals surface area (Å²) in [4.78, 5) is 16.5. The van der Waals surface area contributed by atoms with Gasteiger partial charge in [0.25, 0.3) is 5.91 Å². The minimum absolute atomic E-state index is 0.0270. The zero-order valence-corrected chi connectivity index (χ0v) is 11.5. The normalized spacial score (nSPS) is 25.4. The summed E-state index contributed by atoms with van der Waals surface area (Å²) >= 11 is 0. The number of carbonyl (C=O) groups excluding carboxylic acids is 1. The molecule has 0 aromatic heterocycles. The van der Waals surface area contributed by atoms with Crippen molar-refractivity contribution in [1.82, 2.24) is 9.80 Å². The summed E-state index contributed by atoms with van der Waals surface area (Å²) < 4.78 is 0. The van der Waals surface area contributed by atoms with Crippen molar-refractivity contribution in [3.05, 3.63) is 0 Å². The predicted molar refractivity (Wildman–Crippen MR) is 73.1 cm³/mol. The first kappa shape index (κ1) is 13.4. The Bertz CT molecular complexity index is 336. The van der Waals surface area contributed by atoms with E-state index in [0.29, 0.717) is 6.04 Å². The summed E-state index contributed by atoms with van der Waals surface area (Å²) in [6.45, 7) is 6.10. The highest BCUT2D eigenvalue weighted by atomic mass is 16.2. The van der Waals surface area contributed by atoms with Crippen molar-refractivity contribution in [1.29, 1.82) is 0 Å². The Morgan fingerprint density at radius 1 is 1.11 bits per heavy atom. The lowest BCUT2D eigenvalue weighted by molar-refractivity contribution is -0.129. The maximum absolute atomic E-state index is 12.0. The average molecular weight is 248 g/mol. The van der Waals surface area contributed by atoms with Gasteiger partial charge in [-0.2, -0.15) is 0 Å². The lowest BCUT2D eigenvalue weighted by atomic mass is 10.0. The van der Waals surface area contributed by atoms with Crippen LogP contribution in [-0.4, -0.2) is 47.9 Å². The molecule has 3 heteroatoms. The number of piperidine rings is 2. The molecular weight excluding hydrogens is 224 g/mol. The summed E-state index contributed by atoms with van der Waals surface area (Å²) in [6, 6.07) is 0.394. The summed E-state index contributed by atoms with van der Waals surface area (Å²) in [5.74, 6) is 5.46. The first-order valence-corrected chi connectivity index (χ1v) is 7.27. The predicted octanol–water partition coefficient (Wildman–Crippen LogP) is 1.88. The molecule has 18 heavy (non-hydrogen) atoms. The molecule has 1 unspecified atom stereocenters. The van der Waals surface area contributed by atoms with Gasteiger partial charge in [-0.3, -0.25) is 4.79 Å². The molecular formula is C15H24N2O. The van der Waals surface area contributed by atoms with Crippen molar-refractivity contribution in [2.75, 3.05) is 26.2 Å². The highest BCUT2D eigenvalue weighted by Crippen LogP contribution is 2.19. The molecule has 2 heterocycles.